The maximum absolute atomic E-state index is 13.2. The van der Waals surface area contributed by atoms with Crippen LogP contribution in [0.15, 0.2) is 64.7 Å². The fourth-order valence-electron chi connectivity index (χ4n) is 3.82. The number of hydrazone groups is 1. The van der Waals surface area contributed by atoms with Gasteiger partial charge in [-0.25, -0.2) is 9.69 Å². The summed E-state index contributed by atoms with van der Waals surface area (Å²) < 4.78 is 1.70. The molecule has 0 fully saturated rings. The zero-order valence-corrected chi connectivity index (χ0v) is 19.2. The van der Waals surface area contributed by atoms with Crippen LogP contribution in [0.2, 0.25) is 5.15 Å². The number of hydrogen-bond donors (Lipinski definition) is 1. The molecule has 3 heterocycles. The van der Waals surface area contributed by atoms with Gasteiger partial charge in [-0.3, -0.25) is 15.1 Å². The standard InChI is InChI=1S/C23H21ClN6OS/c1-3-13-32-23-26-22(31)19-16-11-7-8-12-17(16)25-21(30(19)28-23)18-14(2)27-29(20(18)24)15-9-5-4-6-10-15/h4-12,21H,3,13H2,1-2H3,(H,26,28,31). The summed E-state index contributed by atoms with van der Waals surface area (Å²) in [5, 5.41) is 16.5. The predicted molar refractivity (Wildman–Crippen MR) is 127 cm³/mol. The molecule has 0 saturated carbocycles. The third-order valence-corrected chi connectivity index (χ3v) is 6.70. The smallest absolute Gasteiger partial charge is 0.276 e. The van der Waals surface area contributed by atoms with Gasteiger partial charge in [0, 0.05) is 11.0 Å². The number of hydrogen-bond acceptors (Lipinski definition) is 6. The summed E-state index contributed by atoms with van der Waals surface area (Å²) in [5.41, 5.74) is 2.77. The number of halogens is 1. The van der Waals surface area contributed by atoms with Crippen LogP contribution in [0.3, 0.4) is 0 Å². The zero-order valence-electron chi connectivity index (χ0n) is 17.6. The summed E-state index contributed by atoms with van der Waals surface area (Å²) >= 11 is 8.38. The van der Waals surface area contributed by atoms with Crippen LogP contribution in [0.5, 0.6) is 0 Å². The van der Waals surface area contributed by atoms with E-state index in [0.29, 0.717) is 16.0 Å². The number of amidine groups is 1. The zero-order chi connectivity index (χ0) is 22.2. The summed E-state index contributed by atoms with van der Waals surface area (Å²) in [6.45, 7) is 3.99. The fourth-order valence-corrected chi connectivity index (χ4v) is 4.90. The normalized spacial score (nSPS) is 17.3. The highest BCUT2D eigenvalue weighted by Gasteiger charge is 2.37. The maximum Gasteiger partial charge on any atom is 0.276 e. The highest BCUT2D eigenvalue weighted by molar-refractivity contribution is 8.13. The van der Waals surface area contributed by atoms with E-state index >= 15 is 0 Å². The lowest BCUT2D eigenvalue weighted by atomic mass is 10.1. The fraction of sp³-hybridized carbons (Fsp3) is 0.217. The molecule has 2 aliphatic heterocycles. The predicted octanol–water partition coefficient (Wildman–Crippen LogP) is 3.12. The number of nitrogens with one attached hydrogen (secondary N) is 1. The van der Waals surface area contributed by atoms with Crippen LogP contribution >= 0.6 is 23.4 Å². The van der Waals surface area contributed by atoms with E-state index in [9.17, 15) is 4.79 Å². The molecule has 162 valence electrons. The SMILES string of the molecule is CCCSC1=NN2C(=c3ccccc3=NC2c2c(C)nn(-c3ccccc3)c2Cl)C(=O)N1. The molecule has 0 aliphatic carbocycles. The van der Waals surface area contributed by atoms with Gasteiger partial charge >= 0.3 is 0 Å². The van der Waals surface area contributed by atoms with E-state index in [-0.39, 0.29) is 5.91 Å². The number of rotatable bonds is 4. The largest absolute Gasteiger partial charge is 0.298 e. The average Bonchev–Trinajstić information content (AvgIpc) is 3.11. The number of thioether (sulfide) groups is 1. The first-order valence-corrected chi connectivity index (χ1v) is 11.7. The number of amides is 1. The van der Waals surface area contributed by atoms with Crippen molar-refractivity contribution in [3.05, 3.63) is 81.6 Å². The molecule has 2 aromatic carbocycles. The Morgan fingerprint density at radius 3 is 2.66 bits per heavy atom. The van der Waals surface area contributed by atoms with Crippen molar-refractivity contribution >= 4 is 40.1 Å². The van der Waals surface area contributed by atoms with Gasteiger partial charge in [0.15, 0.2) is 11.3 Å². The van der Waals surface area contributed by atoms with Crippen LogP contribution in [-0.4, -0.2) is 31.6 Å². The molecule has 0 saturated heterocycles. The molecule has 0 bridgehead atoms. The van der Waals surface area contributed by atoms with Gasteiger partial charge < -0.3 is 0 Å². The minimum absolute atomic E-state index is 0.199. The second-order valence-corrected chi connectivity index (χ2v) is 8.90. The Balaban J connectivity index is 1.70. The van der Waals surface area contributed by atoms with Crippen molar-refractivity contribution < 1.29 is 4.79 Å². The molecule has 0 spiro atoms. The lowest BCUT2D eigenvalue weighted by Gasteiger charge is -2.33. The van der Waals surface area contributed by atoms with Crippen molar-refractivity contribution in [1.82, 2.24) is 20.1 Å². The Morgan fingerprint density at radius 2 is 1.88 bits per heavy atom. The number of aryl methyl sites for hydroxylation is 1. The second-order valence-electron chi connectivity index (χ2n) is 7.46. The molecule has 1 atom stereocenters. The average molecular weight is 465 g/mol. The molecule has 32 heavy (non-hydrogen) atoms. The molecule has 0 radical (unpaired) electrons. The van der Waals surface area contributed by atoms with Crippen molar-refractivity contribution in [1.29, 1.82) is 0 Å². The minimum atomic E-state index is -0.604. The van der Waals surface area contributed by atoms with Gasteiger partial charge in [0.25, 0.3) is 5.91 Å². The van der Waals surface area contributed by atoms with Crippen molar-refractivity contribution in [3.8, 4) is 5.69 Å². The van der Waals surface area contributed by atoms with Gasteiger partial charge in [-0.05, 0) is 31.5 Å². The highest BCUT2D eigenvalue weighted by Crippen LogP contribution is 2.37. The van der Waals surface area contributed by atoms with Crippen molar-refractivity contribution in [2.75, 3.05) is 5.75 Å². The van der Waals surface area contributed by atoms with Crippen molar-refractivity contribution in [3.63, 3.8) is 0 Å². The van der Waals surface area contributed by atoms with Crippen LogP contribution in [0.1, 0.15) is 30.8 Å². The molecule has 7 nitrogen and oxygen atoms in total. The molecule has 2 aliphatic rings. The topological polar surface area (TPSA) is 74.9 Å². The number of carbonyl (C=O) groups excluding carboxylic acids is 1. The van der Waals surface area contributed by atoms with Gasteiger partial charge in [0.1, 0.15) is 10.9 Å². The third-order valence-electron chi connectivity index (χ3n) is 5.27. The second kappa shape index (κ2) is 8.44. The number of fused-ring (bicyclic) bond motifs is 2. The maximum atomic E-state index is 13.2. The van der Waals surface area contributed by atoms with Crippen LogP contribution < -0.4 is 15.9 Å². The summed E-state index contributed by atoms with van der Waals surface area (Å²) in [5.74, 6) is 0.655. The van der Waals surface area contributed by atoms with Gasteiger partial charge in [0.2, 0.25) is 0 Å². The number of carbonyl (C=O) groups is 1. The van der Waals surface area contributed by atoms with E-state index < -0.39 is 6.17 Å². The lowest BCUT2D eigenvalue weighted by molar-refractivity contribution is -0.116. The third kappa shape index (κ3) is 3.49. The molecule has 1 unspecified atom stereocenters. The molecular weight excluding hydrogens is 444 g/mol. The molecule has 9 heteroatoms. The first-order valence-electron chi connectivity index (χ1n) is 10.4. The van der Waals surface area contributed by atoms with Crippen LogP contribution in [0.4, 0.5) is 0 Å². The summed E-state index contributed by atoms with van der Waals surface area (Å²) in [4.78, 5) is 18.1. The summed E-state index contributed by atoms with van der Waals surface area (Å²) in [6.07, 6.45) is 0.370. The summed E-state index contributed by atoms with van der Waals surface area (Å²) in [6, 6.07) is 17.3. The molecular formula is C23H21ClN6OS. The molecule has 5 rings (SSSR count). The minimum Gasteiger partial charge on any atom is -0.298 e. The molecule has 1 N–H and O–H groups in total. The van der Waals surface area contributed by atoms with Gasteiger partial charge in [-0.1, -0.05) is 66.7 Å². The van der Waals surface area contributed by atoms with E-state index in [1.165, 1.54) is 11.8 Å². The number of para-hydroxylation sites is 2. The monoisotopic (exact) mass is 464 g/mol. The molecule has 1 aromatic heterocycles. The van der Waals surface area contributed by atoms with Crippen LogP contribution in [-0.2, 0) is 4.79 Å². The first kappa shape index (κ1) is 20.8. The van der Waals surface area contributed by atoms with E-state index in [0.717, 1.165) is 39.7 Å². The summed E-state index contributed by atoms with van der Waals surface area (Å²) in [7, 11) is 0. The van der Waals surface area contributed by atoms with Crippen molar-refractivity contribution in [2.45, 2.75) is 26.4 Å². The lowest BCUT2D eigenvalue weighted by Crippen LogP contribution is -2.50. The molecule has 3 aromatic rings. The quantitative estimate of drug-likeness (QED) is 0.643. The molecule has 1 amide bonds. The van der Waals surface area contributed by atoms with Gasteiger partial charge in [-0.2, -0.15) is 5.10 Å². The van der Waals surface area contributed by atoms with Crippen molar-refractivity contribution in [2.24, 2.45) is 10.1 Å². The van der Waals surface area contributed by atoms with E-state index in [2.05, 4.69) is 17.3 Å². The van der Waals surface area contributed by atoms with Gasteiger partial charge in [0.05, 0.1) is 22.3 Å². The Morgan fingerprint density at radius 1 is 1.12 bits per heavy atom. The van der Waals surface area contributed by atoms with E-state index in [1.54, 1.807) is 9.69 Å². The van der Waals surface area contributed by atoms with E-state index in [1.807, 2.05) is 61.5 Å². The van der Waals surface area contributed by atoms with Crippen LogP contribution in [0, 0.1) is 6.92 Å². The number of nitrogens with zero attached hydrogens (tertiary/aromatic N) is 5. The van der Waals surface area contributed by atoms with Crippen LogP contribution in [0.25, 0.3) is 11.4 Å². The highest BCUT2D eigenvalue weighted by atomic mass is 35.5. The Labute approximate surface area is 194 Å². The first-order chi connectivity index (χ1) is 15.6. The Bertz CT molecular complexity index is 1350. The Hall–Kier alpha value is -3.10. The van der Waals surface area contributed by atoms with Gasteiger partial charge in [-0.15, -0.1) is 5.10 Å². The Kier molecular flexibility index (Phi) is 5.48. The van der Waals surface area contributed by atoms with E-state index in [4.69, 9.17) is 21.7 Å². The number of benzene rings is 2. The number of aromatic nitrogens is 2.